The summed E-state index contributed by atoms with van der Waals surface area (Å²) in [5.74, 6) is 0. The molecule has 0 aliphatic heterocycles. The first-order valence-corrected chi connectivity index (χ1v) is 15.2. The van der Waals surface area contributed by atoms with E-state index in [1.54, 1.807) is 27.5 Å². The maximum atomic E-state index is 2.58. The zero-order valence-corrected chi connectivity index (χ0v) is 19.6. The second-order valence-corrected chi connectivity index (χ2v) is 15.3. The van der Waals surface area contributed by atoms with Gasteiger partial charge in [-0.1, -0.05) is 68.5 Å². The molecule has 2 aliphatic carbocycles. The van der Waals surface area contributed by atoms with E-state index >= 15 is 0 Å². The maximum Gasteiger partial charge on any atom is 0.0779 e. The number of unbranched alkanes of at least 4 members (excludes halogenated alkanes) is 1. The average Bonchev–Trinajstić information content (AvgIpc) is 3.32. The van der Waals surface area contributed by atoms with Gasteiger partial charge in [-0.05, 0) is 100 Å². The van der Waals surface area contributed by atoms with Gasteiger partial charge in [-0.2, -0.15) is 0 Å². The fourth-order valence-electron chi connectivity index (χ4n) is 5.63. The molecule has 0 nitrogen and oxygen atoms in total. The van der Waals surface area contributed by atoms with Crippen molar-refractivity contribution in [2.45, 2.75) is 77.9 Å². The molecule has 3 aromatic carbocycles. The number of hydrogen-bond acceptors (Lipinski definition) is 0. The van der Waals surface area contributed by atoms with Crippen LogP contribution in [-0.4, -0.2) is 8.07 Å². The van der Waals surface area contributed by atoms with Crippen molar-refractivity contribution in [1.29, 1.82) is 0 Å². The quantitative estimate of drug-likeness (QED) is 0.308. The molecule has 0 N–H and O–H groups in total. The molecule has 0 unspecified atom stereocenters. The zero-order valence-electron chi connectivity index (χ0n) is 18.6. The number of benzene rings is 3. The smallest absolute Gasteiger partial charge is 0.0779 e. The minimum absolute atomic E-state index is 1.19. The molecule has 0 radical (unpaired) electrons. The maximum absolute atomic E-state index is 2.58. The van der Waals surface area contributed by atoms with Crippen molar-refractivity contribution < 1.29 is 0 Å². The van der Waals surface area contributed by atoms with E-state index in [1.165, 1.54) is 78.5 Å². The monoisotopic (exact) mass is 398 g/mol. The Labute approximate surface area is 177 Å². The van der Waals surface area contributed by atoms with Crippen LogP contribution < -0.4 is 0 Å². The van der Waals surface area contributed by atoms with Gasteiger partial charge in [0, 0.05) is 0 Å². The van der Waals surface area contributed by atoms with Gasteiger partial charge in [-0.3, -0.25) is 0 Å². The lowest BCUT2D eigenvalue weighted by Crippen LogP contribution is -2.23. The summed E-state index contributed by atoms with van der Waals surface area (Å²) in [6.07, 6.45) is 12.7. The Morgan fingerprint density at radius 1 is 0.759 bits per heavy atom. The topological polar surface area (TPSA) is 0 Å². The first kappa shape index (κ1) is 19.1. The molecular formula is C28H34Si. The summed E-state index contributed by atoms with van der Waals surface area (Å²) in [5.41, 5.74) is 7.93. The number of allylic oxidation sites excluding steroid dienone is 1. The Balaban J connectivity index is 1.88. The third-order valence-electron chi connectivity index (χ3n) is 7.11. The van der Waals surface area contributed by atoms with Gasteiger partial charge in [0.1, 0.15) is 0 Å². The standard InChI is InChI=1S/C28H34Si/c1-5-6-13-28(29(2,3)4)27-18-23-14-19-9-7-10-20(19)15-24(23)25-16-21-11-8-12-22(21)17-26(25)27/h13-18H,5-12H2,1-4H3/b28-13-. The highest BCUT2D eigenvalue weighted by atomic mass is 28.3. The summed E-state index contributed by atoms with van der Waals surface area (Å²) in [6, 6.07) is 12.7. The van der Waals surface area contributed by atoms with E-state index < -0.39 is 8.07 Å². The molecule has 0 amide bonds. The van der Waals surface area contributed by atoms with E-state index in [0.29, 0.717) is 0 Å². The van der Waals surface area contributed by atoms with Crippen molar-refractivity contribution in [1.82, 2.24) is 0 Å². The summed E-state index contributed by atoms with van der Waals surface area (Å²) in [4.78, 5) is 0. The fraction of sp³-hybridized carbons (Fsp3) is 0.429. The third kappa shape index (κ3) is 3.28. The second-order valence-electron chi connectivity index (χ2n) is 10.3. The van der Waals surface area contributed by atoms with Gasteiger partial charge in [0.15, 0.2) is 0 Å². The van der Waals surface area contributed by atoms with Crippen LogP contribution in [0.25, 0.3) is 26.7 Å². The molecule has 0 heterocycles. The van der Waals surface area contributed by atoms with Gasteiger partial charge in [-0.15, -0.1) is 0 Å². The van der Waals surface area contributed by atoms with Crippen LogP contribution in [0.1, 0.15) is 60.4 Å². The summed E-state index contributed by atoms with van der Waals surface area (Å²) in [7, 11) is -1.45. The average molecular weight is 399 g/mol. The van der Waals surface area contributed by atoms with E-state index in [9.17, 15) is 0 Å². The first-order valence-electron chi connectivity index (χ1n) is 11.7. The Bertz CT molecular complexity index is 1140. The predicted molar refractivity (Wildman–Crippen MR) is 132 cm³/mol. The van der Waals surface area contributed by atoms with Gasteiger partial charge >= 0.3 is 0 Å². The van der Waals surface area contributed by atoms with Crippen molar-refractivity contribution in [2.24, 2.45) is 0 Å². The molecule has 0 atom stereocenters. The van der Waals surface area contributed by atoms with Crippen LogP contribution in [0.2, 0.25) is 19.6 Å². The second kappa shape index (κ2) is 7.13. The molecule has 1 heteroatoms. The molecule has 0 spiro atoms. The van der Waals surface area contributed by atoms with E-state index in [2.05, 4.69) is 63.0 Å². The lowest BCUT2D eigenvalue weighted by molar-refractivity contribution is 0.912. The molecule has 0 bridgehead atoms. The Morgan fingerprint density at radius 2 is 1.31 bits per heavy atom. The largest absolute Gasteiger partial charge is 0.0847 e. The van der Waals surface area contributed by atoms with E-state index in [4.69, 9.17) is 0 Å². The van der Waals surface area contributed by atoms with Crippen LogP contribution in [0.15, 0.2) is 36.4 Å². The van der Waals surface area contributed by atoms with Crippen LogP contribution in [0, 0.1) is 0 Å². The van der Waals surface area contributed by atoms with Crippen molar-refractivity contribution in [3.05, 3.63) is 64.2 Å². The van der Waals surface area contributed by atoms with Crippen molar-refractivity contribution in [3.8, 4) is 0 Å². The van der Waals surface area contributed by atoms with E-state index in [-0.39, 0.29) is 0 Å². The van der Waals surface area contributed by atoms with Gasteiger partial charge < -0.3 is 0 Å². The van der Waals surface area contributed by atoms with Gasteiger partial charge in [0.2, 0.25) is 0 Å². The van der Waals surface area contributed by atoms with Crippen LogP contribution in [0.5, 0.6) is 0 Å². The minimum atomic E-state index is -1.45. The van der Waals surface area contributed by atoms with E-state index in [0.717, 1.165) is 0 Å². The van der Waals surface area contributed by atoms with Gasteiger partial charge in [0.05, 0.1) is 8.07 Å². The Hall–Kier alpha value is -1.86. The molecule has 0 aromatic heterocycles. The lowest BCUT2D eigenvalue weighted by Gasteiger charge is -2.25. The summed E-state index contributed by atoms with van der Waals surface area (Å²) < 4.78 is 0. The molecular weight excluding hydrogens is 364 g/mol. The molecule has 3 aromatic rings. The number of hydrogen-bond donors (Lipinski definition) is 0. The normalized spacial score (nSPS) is 16.6. The molecule has 0 saturated heterocycles. The lowest BCUT2D eigenvalue weighted by atomic mass is 9.91. The zero-order chi connectivity index (χ0) is 20.2. The molecule has 0 saturated carbocycles. The fourth-order valence-corrected chi connectivity index (χ4v) is 7.40. The van der Waals surface area contributed by atoms with Crippen molar-refractivity contribution in [2.75, 3.05) is 0 Å². The molecule has 29 heavy (non-hydrogen) atoms. The van der Waals surface area contributed by atoms with Crippen LogP contribution in [0.3, 0.4) is 0 Å². The van der Waals surface area contributed by atoms with Gasteiger partial charge in [-0.25, -0.2) is 0 Å². The van der Waals surface area contributed by atoms with Crippen LogP contribution in [-0.2, 0) is 25.7 Å². The van der Waals surface area contributed by atoms with Gasteiger partial charge in [0.25, 0.3) is 0 Å². The van der Waals surface area contributed by atoms with Crippen LogP contribution in [0.4, 0.5) is 0 Å². The Kier molecular flexibility index (Phi) is 4.70. The van der Waals surface area contributed by atoms with E-state index in [1.807, 2.05) is 0 Å². The number of aryl methyl sites for hydroxylation is 4. The minimum Gasteiger partial charge on any atom is -0.0847 e. The Morgan fingerprint density at radius 3 is 1.90 bits per heavy atom. The molecule has 2 aliphatic rings. The highest BCUT2D eigenvalue weighted by Gasteiger charge is 2.25. The third-order valence-corrected chi connectivity index (χ3v) is 9.20. The molecule has 5 rings (SSSR count). The molecule has 0 fully saturated rings. The predicted octanol–water partition coefficient (Wildman–Crippen LogP) is 8.03. The summed E-state index contributed by atoms with van der Waals surface area (Å²) in [6.45, 7) is 9.84. The highest BCUT2D eigenvalue weighted by Crippen LogP contribution is 2.41. The number of fused-ring (bicyclic) bond motifs is 5. The summed E-state index contributed by atoms with van der Waals surface area (Å²) in [5, 5.41) is 7.63. The molecule has 150 valence electrons. The first-order chi connectivity index (χ1) is 14.0. The summed E-state index contributed by atoms with van der Waals surface area (Å²) >= 11 is 0. The van der Waals surface area contributed by atoms with Crippen molar-refractivity contribution >= 4 is 34.8 Å². The van der Waals surface area contributed by atoms with Crippen molar-refractivity contribution in [3.63, 3.8) is 0 Å². The SMILES string of the molecule is CCC/C=C(/c1cc2cc3c(cc2c2cc4c(cc12)CCC4)CCC3)[Si](C)(C)C. The van der Waals surface area contributed by atoms with Crippen LogP contribution >= 0.6 is 0 Å². The number of rotatable bonds is 4. The highest BCUT2D eigenvalue weighted by molar-refractivity contribution is 6.93.